The predicted octanol–water partition coefficient (Wildman–Crippen LogP) is 6.33. The first-order valence-corrected chi connectivity index (χ1v) is 18.6. The highest BCUT2D eigenvalue weighted by molar-refractivity contribution is 7.86. The Hall–Kier alpha value is -5.82. The molecule has 0 aromatic heterocycles. The number of carbonyl (C=O) groups excluding carboxylic acids is 3. The van der Waals surface area contributed by atoms with Crippen LogP contribution in [0.4, 0.5) is 22.7 Å². The van der Waals surface area contributed by atoms with Crippen molar-refractivity contribution in [3.8, 4) is 11.1 Å². The van der Waals surface area contributed by atoms with Crippen LogP contribution in [0.25, 0.3) is 11.1 Å². The van der Waals surface area contributed by atoms with Crippen molar-refractivity contribution in [2.45, 2.75) is 56.5 Å². The quantitative estimate of drug-likeness (QED) is 0.0879. The Balaban J connectivity index is 1.45. The molecule has 274 valence electrons. The summed E-state index contributed by atoms with van der Waals surface area (Å²) in [6.45, 7) is 8.23. The molecule has 1 heterocycles. The number of carbonyl (C=O) groups is 3. The van der Waals surface area contributed by atoms with Crippen molar-refractivity contribution in [1.82, 2.24) is 0 Å². The molecular formula is C35H33N7O9S2. The van der Waals surface area contributed by atoms with Gasteiger partial charge in [0.1, 0.15) is 9.79 Å². The van der Waals surface area contributed by atoms with E-state index in [1.54, 1.807) is 38.1 Å². The van der Waals surface area contributed by atoms with Crippen molar-refractivity contribution >= 4 is 66.3 Å². The molecule has 4 aromatic rings. The molecule has 18 heteroatoms. The van der Waals surface area contributed by atoms with Crippen molar-refractivity contribution in [2.75, 3.05) is 10.3 Å². The normalized spacial score (nSPS) is 15.6. The number of rotatable bonds is 11. The Morgan fingerprint density at radius 2 is 1.32 bits per heavy atom. The zero-order valence-corrected chi connectivity index (χ0v) is 30.5. The summed E-state index contributed by atoms with van der Waals surface area (Å²) < 4.78 is 70.5. The Kier molecular flexibility index (Phi) is 10.9. The van der Waals surface area contributed by atoms with Crippen LogP contribution < -0.4 is 10.3 Å². The zero-order chi connectivity index (χ0) is 38.8. The Bertz CT molecular complexity index is 2460. The summed E-state index contributed by atoms with van der Waals surface area (Å²) in [6, 6.07) is 16.0. The molecule has 0 radical (unpaired) electrons. The summed E-state index contributed by atoms with van der Waals surface area (Å²) in [6.07, 6.45) is 0. The van der Waals surface area contributed by atoms with Gasteiger partial charge in [-0.1, -0.05) is 47.5 Å². The van der Waals surface area contributed by atoms with Gasteiger partial charge in [-0.15, -0.1) is 0 Å². The second kappa shape index (κ2) is 15.0. The summed E-state index contributed by atoms with van der Waals surface area (Å²) >= 11 is 0. The van der Waals surface area contributed by atoms with E-state index in [-0.39, 0.29) is 22.5 Å². The van der Waals surface area contributed by atoms with E-state index >= 15 is 0 Å². The molecule has 2 atom stereocenters. The van der Waals surface area contributed by atoms with Gasteiger partial charge < -0.3 is 5.32 Å². The minimum absolute atomic E-state index is 0.121. The minimum atomic E-state index is -5.08. The lowest BCUT2D eigenvalue weighted by Crippen LogP contribution is -2.32. The van der Waals surface area contributed by atoms with Crippen LogP contribution in [0.3, 0.4) is 0 Å². The average molecular weight is 760 g/mol. The van der Waals surface area contributed by atoms with Gasteiger partial charge in [-0.3, -0.25) is 23.5 Å². The van der Waals surface area contributed by atoms with E-state index in [9.17, 15) is 40.3 Å². The van der Waals surface area contributed by atoms with Gasteiger partial charge in [0.25, 0.3) is 32.1 Å². The van der Waals surface area contributed by atoms with Gasteiger partial charge in [0.2, 0.25) is 6.04 Å². The topological polar surface area (TPSA) is 237 Å². The van der Waals surface area contributed by atoms with Crippen LogP contribution in [0.1, 0.15) is 30.5 Å². The third-order valence-corrected chi connectivity index (χ3v) is 9.79. The second-order valence-corrected chi connectivity index (χ2v) is 15.0. The third-order valence-electron chi connectivity index (χ3n) is 8.00. The summed E-state index contributed by atoms with van der Waals surface area (Å²) in [4.78, 5) is 36.7. The first-order chi connectivity index (χ1) is 24.8. The molecule has 0 bridgehead atoms. The van der Waals surface area contributed by atoms with E-state index in [1.807, 2.05) is 32.0 Å². The summed E-state index contributed by atoms with van der Waals surface area (Å²) in [7, 11) is -10.1. The highest BCUT2D eigenvalue weighted by atomic mass is 32.2. The lowest BCUT2D eigenvalue weighted by molar-refractivity contribution is -0.126. The van der Waals surface area contributed by atoms with Crippen LogP contribution in [-0.2, 0) is 34.6 Å². The van der Waals surface area contributed by atoms with Gasteiger partial charge in [-0.05, 0) is 82.6 Å². The van der Waals surface area contributed by atoms with Crippen molar-refractivity contribution in [2.24, 2.45) is 25.6 Å². The lowest BCUT2D eigenvalue weighted by Gasteiger charge is -2.13. The van der Waals surface area contributed by atoms with Crippen LogP contribution in [-0.4, -0.2) is 61.3 Å². The van der Waals surface area contributed by atoms with E-state index in [0.29, 0.717) is 17.1 Å². The molecule has 16 nitrogen and oxygen atoms in total. The van der Waals surface area contributed by atoms with Crippen LogP contribution >= 0.6 is 0 Å². The maximum Gasteiger partial charge on any atom is 0.295 e. The Labute approximate surface area is 304 Å². The van der Waals surface area contributed by atoms with Crippen molar-refractivity contribution in [3.05, 3.63) is 95.6 Å². The Morgan fingerprint density at radius 3 is 1.85 bits per heavy atom. The molecule has 0 spiro atoms. The number of benzene rings is 4. The summed E-state index contributed by atoms with van der Waals surface area (Å²) in [5.74, 6) is -1.97. The fraction of sp³-hybridized carbons (Fsp3) is 0.200. The van der Waals surface area contributed by atoms with Crippen LogP contribution in [0, 0.1) is 20.8 Å². The predicted molar refractivity (Wildman–Crippen MR) is 195 cm³/mol. The molecule has 3 N–H and O–H groups in total. The van der Waals surface area contributed by atoms with E-state index in [1.165, 1.54) is 17.1 Å². The number of anilines is 2. The third kappa shape index (κ3) is 8.80. The molecule has 53 heavy (non-hydrogen) atoms. The zero-order valence-electron chi connectivity index (χ0n) is 28.9. The molecule has 2 unspecified atom stereocenters. The number of amides is 2. The van der Waals surface area contributed by atoms with Crippen molar-refractivity contribution in [3.63, 3.8) is 0 Å². The molecule has 1 aliphatic heterocycles. The number of nitrogens with one attached hydrogen (secondary N) is 1. The SMILES string of the molecule is CC(=O)C(N=Nc1ccc(-c2ccc(N=NC3C(=O)N(c4ccc(C)cc4)N=C3C)cc2S(=O)(=O)O)c(S(=O)(=O)O)c1)C(=O)Nc1ccc(C)cc1C. The second-order valence-electron chi connectivity index (χ2n) is 12.2. The smallest absolute Gasteiger partial charge is 0.295 e. The average Bonchev–Trinajstić information content (AvgIpc) is 3.36. The highest BCUT2D eigenvalue weighted by Crippen LogP contribution is 2.37. The maximum atomic E-state index is 13.1. The van der Waals surface area contributed by atoms with Crippen molar-refractivity contribution < 1.29 is 40.3 Å². The fourth-order valence-electron chi connectivity index (χ4n) is 5.30. The molecule has 5 rings (SSSR count). The fourth-order valence-corrected chi connectivity index (χ4v) is 6.75. The monoisotopic (exact) mass is 759 g/mol. The molecule has 0 fully saturated rings. The summed E-state index contributed by atoms with van der Waals surface area (Å²) in [5.41, 5.74) is 2.90. The Morgan fingerprint density at radius 1 is 0.774 bits per heavy atom. The number of hydrazone groups is 1. The molecule has 0 saturated heterocycles. The molecule has 0 saturated carbocycles. The first-order valence-electron chi connectivity index (χ1n) is 15.7. The summed E-state index contributed by atoms with van der Waals surface area (Å²) in [5, 5.41) is 23.8. The van der Waals surface area contributed by atoms with Gasteiger partial charge >= 0.3 is 0 Å². The van der Waals surface area contributed by atoms with Gasteiger partial charge in [0.05, 0.1) is 22.8 Å². The molecule has 1 aliphatic rings. The number of Topliss-reactive ketones (excluding diaryl/α,β-unsaturated/α-hetero) is 1. The molecule has 4 aromatic carbocycles. The maximum absolute atomic E-state index is 13.1. The van der Waals surface area contributed by atoms with Crippen LogP contribution in [0.2, 0.25) is 0 Å². The molecule has 0 aliphatic carbocycles. The number of aryl methyl sites for hydroxylation is 3. The number of hydrogen-bond donors (Lipinski definition) is 3. The van der Waals surface area contributed by atoms with Gasteiger partial charge in [-0.25, -0.2) is 0 Å². The van der Waals surface area contributed by atoms with Crippen LogP contribution in [0.15, 0.2) is 114 Å². The van der Waals surface area contributed by atoms with E-state index in [2.05, 4.69) is 30.9 Å². The van der Waals surface area contributed by atoms with E-state index in [0.717, 1.165) is 47.9 Å². The molecular weight excluding hydrogens is 727 g/mol. The first kappa shape index (κ1) is 38.4. The largest absolute Gasteiger partial charge is 0.324 e. The number of azo groups is 2. The van der Waals surface area contributed by atoms with E-state index < -0.39 is 59.7 Å². The molecule has 2 amide bonds. The van der Waals surface area contributed by atoms with Gasteiger partial charge in [-0.2, -0.15) is 47.4 Å². The number of nitrogens with zero attached hydrogens (tertiary/aromatic N) is 6. The lowest BCUT2D eigenvalue weighted by atomic mass is 10.0. The highest BCUT2D eigenvalue weighted by Gasteiger charge is 2.35. The standard InChI is InChI=1S/C35H33N7O9S2/c1-19-6-11-26(12-7-19)42-35(45)32(22(4)41-42)39-37-24-9-13-27(30(17-24)52(46,47)48)28-14-10-25(18-31(28)53(49,50)51)38-40-33(23(5)43)34(44)36-29-15-8-20(2)16-21(29)3/h6-18,32-33H,1-5H3,(H,36,44)(H,46,47,48)(H,49,50,51). The number of hydrogen-bond acceptors (Lipinski definition) is 12. The van der Waals surface area contributed by atoms with Crippen molar-refractivity contribution in [1.29, 1.82) is 0 Å². The minimum Gasteiger partial charge on any atom is -0.324 e. The van der Waals surface area contributed by atoms with Gasteiger partial charge in [0.15, 0.2) is 11.8 Å². The number of ketones is 1. The van der Waals surface area contributed by atoms with Crippen LogP contribution in [0.5, 0.6) is 0 Å². The van der Waals surface area contributed by atoms with Gasteiger partial charge in [0, 0.05) is 16.8 Å². The van der Waals surface area contributed by atoms with E-state index in [4.69, 9.17) is 0 Å².